The van der Waals surface area contributed by atoms with Crippen molar-refractivity contribution in [2.24, 2.45) is 5.92 Å². The van der Waals surface area contributed by atoms with Gasteiger partial charge in [0.2, 0.25) is 0 Å². The first kappa shape index (κ1) is 11.1. The number of nitrogens with one attached hydrogen (secondary N) is 1. The van der Waals surface area contributed by atoms with Gasteiger partial charge in [-0.25, -0.2) is 4.39 Å². The van der Waals surface area contributed by atoms with E-state index >= 15 is 0 Å². The molecule has 0 heterocycles. The van der Waals surface area contributed by atoms with Crippen LogP contribution in [0, 0.1) is 23.1 Å². The number of rotatable bonds is 4. The van der Waals surface area contributed by atoms with E-state index in [0.717, 1.165) is 11.5 Å². The van der Waals surface area contributed by atoms with E-state index in [2.05, 4.69) is 12.2 Å². The van der Waals surface area contributed by atoms with Crippen LogP contribution in [0.25, 0.3) is 0 Å². The van der Waals surface area contributed by atoms with Crippen LogP contribution in [0.4, 0.5) is 4.39 Å². The molecule has 0 amide bonds. The molecule has 0 bridgehead atoms. The highest BCUT2D eigenvalue weighted by Gasteiger charge is 2.34. The van der Waals surface area contributed by atoms with Crippen LogP contribution in [-0.2, 0) is 6.54 Å². The monoisotopic (exact) mass is 218 g/mol. The Morgan fingerprint density at radius 2 is 2.31 bits per heavy atom. The third-order valence-corrected chi connectivity index (χ3v) is 3.10. The van der Waals surface area contributed by atoms with Crippen molar-refractivity contribution in [3.63, 3.8) is 0 Å². The van der Waals surface area contributed by atoms with Gasteiger partial charge in [0.15, 0.2) is 0 Å². The molecule has 3 heteroatoms. The van der Waals surface area contributed by atoms with Gasteiger partial charge in [-0.15, -0.1) is 0 Å². The maximum Gasteiger partial charge on any atom is 0.124 e. The second-order valence-corrected chi connectivity index (χ2v) is 4.35. The van der Waals surface area contributed by atoms with E-state index < -0.39 is 0 Å². The SMILES string of the molecule is CCC1CC1NCc1cc(F)cc(C#N)c1. The van der Waals surface area contributed by atoms with Crippen molar-refractivity contribution in [3.05, 3.63) is 35.1 Å². The van der Waals surface area contributed by atoms with Gasteiger partial charge in [0.05, 0.1) is 11.6 Å². The fourth-order valence-corrected chi connectivity index (χ4v) is 2.01. The lowest BCUT2D eigenvalue weighted by molar-refractivity contribution is 0.606. The van der Waals surface area contributed by atoms with Crippen LogP contribution in [0.1, 0.15) is 30.9 Å². The van der Waals surface area contributed by atoms with Crippen LogP contribution in [0.5, 0.6) is 0 Å². The van der Waals surface area contributed by atoms with E-state index in [1.54, 1.807) is 6.07 Å². The molecule has 1 aromatic carbocycles. The summed E-state index contributed by atoms with van der Waals surface area (Å²) in [6.45, 7) is 2.83. The van der Waals surface area contributed by atoms with Crippen LogP contribution in [-0.4, -0.2) is 6.04 Å². The number of benzene rings is 1. The maximum atomic E-state index is 13.1. The third-order valence-electron chi connectivity index (χ3n) is 3.10. The van der Waals surface area contributed by atoms with Crippen LogP contribution >= 0.6 is 0 Å². The molecule has 1 N–H and O–H groups in total. The quantitative estimate of drug-likeness (QED) is 0.843. The zero-order chi connectivity index (χ0) is 11.5. The van der Waals surface area contributed by atoms with Gasteiger partial charge in [0, 0.05) is 12.6 Å². The highest BCUT2D eigenvalue weighted by Crippen LogP contribution is 2.33. The Balaban J connectivity index is 1.94. The Kier molecular flexibility index (Phi) is 3.21. The average molecular weight is 218 g/mol. The summed E-state index contributed by atoms with van der Waals surface area (Å²) >= 11 is 0. The summed E-state index contributed by atoms with van der Waals surface area (Å²) in [4.78, 5) is 0. The second-order valence-electron chi connectivity index (χ2n) is 4.35. The van der Waals surface area contributed by atoms with Crippen molar-refractivity contribution < 1.29 is 4.39 Å². The summed E-state index contributed by atoms with van der Waals surface area (Å²) in [5, 5.41) is 12.1. The topological polar surface area (TPSA) is 35.8 Å². The van der Waals surface area contributed by atoms with Crippen molar-refractivity contribution in [3.8, 4) is 6.07 Å². The molecule has 0 saturated heterocycles. The highest BCUT2D eigenvalue weighted by atomic mass is 19.1. The summed E-state index contributed by atoms with van der Waals surface area (Å²) < 4.78 is 13.1. The molecule has 2 unspecified atom stereocenters. The van der Waals surface area contributed by atoms with Crippen LogP contribution < -0.4 is 5.32 Å². The van der Waals surface area contributed by atoms with E-state index in [1.165, 1.54) is 25.0 Å². The zero-order valence-electron chi connectivity index (χ0n) is 9.33. The van der Waals surface area contributed by atoms with Crippen LogP contribution in [0.2, 0.25) is 0 Å². The van der Waals surface area contributed by atoms with Crippen molar-refractivity contribution in [1.82, 2.24) is 5.32 Å². The van der Waals surface area contributed by atoms with E-state index in [1.807, 2.05) is 6.07 Å². The first-order chi connectivity index (χ1) is 7.72. The molecule has 84 valence electrons. The molecule has 1 aliphatic rings. The molecule has 1 aromatic rings. The van der Waals surface area contributed by atoms with Gasteiger partial charge in [0.25, 0.3) is 0 Å². The maximum absolute atomic E-state index is 13.1. The highest BCUT2D eigenvalue weighted by molar-refractivity contribution is 5.33. The Morgan fingerprint density at radius 1 is 1.50 bits per heavy atom. The van der Waals surface area contributed by atoms with Crippen molar-refractivity contribution in [1.29, 1.82) is 5.26 Å². The summed E-state index contributed by atoms with van der Waals surface area (Å²) in [5.74, 6) is 0.447. The van der Waals surface area contributed by atoms with Crippen LogP contribution in [0.15, 0.2) is 18.2 Å². The lowest BCUT2D eigenvalue weighted by Crippen LogP contribution is -2.17. The first-order valence-electron chi connectivity index (χ1n) is 5.66. The molecular formula is C13H15FN2. The predicted octanol–water partition coefficient (Wildman–Crippen LogP) is 2.59. The predicted molar refractivity (Wildman–Crippen MR) is 60.1 cm³/mol. The summed E-state index contributed by atoms with van der Waals surface area (Å²) in [5.41, 5.74) is 1.23. The summed E-state index contributed by atoms with van der Waals surface area (Å²) in [6.07, 6.45) is 2.42. The van der Waals surface area contributed by atoms with Gasteiger partial charge in [-0.3, -0.25) is 0 Å². The second kappa shape index (κ2) is 4.63. The largest absolute Gasteiger partial charge is 0.310 e. The number of halogens is 1. The normalized spacial score (nSPS) is 22.8. The minimum Gasteiger partial charge on any atom is -0.310 e. The fourth-order valence-electron chi connectivity index (χ4n) is 2.01. The molecule has 0 aromatic heterocycles. The Morgan fingerprint density at radius 3 is 2.94 bits per heavy atom. The van der Waals surface area contributed by atoms with Gasteiger partial charge in [-0.05, 0) is 36.1 Å². The summed E-state index contributed by atoms with van der Waals surface area (Å²) in [7, 11) is 0. The van der Waals surface area contributed by atoms with Gasteiger partial charge in [-0.1, -0.05) is 13.3 Å². The zero-order valence-corrected chi connectivity index (χ0v) is 9.33. The van der Waals surface area contributed by atoms with Gasteiger partial charge in [0.1, 0.15) is 5.82 Å². The van der Waals surface area contributed by atoms with Gasteiger partial charge in [-0.2, -0.15) is 5.26 Å². The van der Waals surface area contributed by atoms with Crippen molar-refractivity contribution in [2.75, 3.05) is 0 Å². The standard InChI is InChI=1S/C13H15FN2/c1-2-11-6-13(11)16-8-10-3-9(7-15)4-12(14)5-10/h3-5,11,13,16H,2,6,8H2,1H3. The molecule has 2 rings (SSSR count). The minimum atomic E-state index is -0.335. The fraction of sp³-hybridized carbons (Fsp3) is 0.462. The molecule has 2 nitrogen and oxygen atoms in total. The summed E-state index contributed by atoms with van der Waals surface area (Å²) in [6, 6.07) is 7.02. The number of nitrogens with zero attached hydrogens (tertiary/aromatic N) is 1. The number of hydrogen-bond acceptors (Lipinski definition) is 2. The molecule has 2 atom stereocenters. The number of hydrogen-bond donors (Lipinski definition) is 1. The molecule has 0 spiro atoms. The first-order valence-corrected chi connectivity index (χ1v) is 5.66. The third kappa shape index (κ3) is 2.59. The molecular weight excluding hydrogens is 203 g/mol. The number of nitriles is 1. The van der Waals surface area contributed by atoms with E-state index in [4.69, 9.17) is 5.26 Å². The van der Waals surface area contributed by atoms with E-state index in [9.17, 15) is 4.39 Å². The molecule has 1 saturated carbocycles. The smallest absolute Gasteiger partial charge is 0.124 e. The Labute approximate surface area is 95.1 Å². The van der Waals surface area contributed by atoms with Crippen molar-refractivity contribution >= 4 is 0 Å². The molecule has 16 heavy (non-hydrogen) atoms. The molecule has 1 aliphatic carbocycles. The minimum absolute atomic E-state index is 0.335. The van der Waals surface area contributed by atoms with Crippen LogP contribution in [0.3, 0.4) is 0 Å². The lowest BCUT2D eigenvalue weighted by Gasteiger charge is -2.04. The van der Waals surface area contributed by atoms with Gasteiger partial charge < -0.3 is 5.32 Å². The van der Waals surface area contributed by atoms with E-state index in [0.29, 0.717) is 18.2 Å². The van der Waals surface area contributed by atoms with E-state index in [-0.39, 0.29) is 5.82 Å². The Bertz CT molecular complexity index is 422. The lowest BCUT2D eigenvalue weighted by atomic mass is 10.1. The average Bonchev–Trinajstić information content (AvgIpc) is 3.04. The van der Waals surface area contributed by atoms with Gasteiger partial charge >= 0.3 is 0 Å². The molecule has 1 fully saturated rings. The Hall–Kier alpha value is -1.40. The van der Waals surface area contributed by atoms with Crippen molar-refractivity contribution in [2.45, 2.75) is 32.4 Å². The molecule has 0 aliphatic heterocycles. The molecule has 0 radical (unpaired) electrons.